The van der Waals surface area contributed by atoms with Crippen molar-refractivity contribution in [2.45, 2.75) is 26.2 Å². The molecular formula is C17H18N4O4. The number of nitrogens with zero attached hydrogens (tertiary/aromatic N) is 3. The molecule has 25 heavy (non-hydrogen) atoms. The van der Waals surface area contributed by atoms with Crippen LogP contribution >= 0.6 is 0 Å². The van der Waals surface area contributed by atoms with Crippen LogP contribution in [-0.4, -0.2) is 16.1 Å². The van der Waals surface area contributed by atoms with E-state index >= 15 is 0 Å². The topological polar surface area (TPSA) is 111 Å². The summed E-state index contributed by atoms with van der Waals surface area (Å²) in [5, 5.41) is 25.7. The number of hydrazone groups is 1. The number of nitrogens with one attached hydrogen (secondary N) is 1. The Morgan fingerprint density at radius 3 is 2.16 bits per heavy atom. The molecule has 130 valence electrons. The van der Waals surface area contributed by atoms with E-state index in [1.165, 1.54) is 23.9 Å². The Balaban J connectivity index is 2.16. The van der Waals surface area contributed by atoms with E-state index < -0.39 is 15.5 Å². The van der Waals surface area contributed by atoms with Gasteiger partial charge in [-0.2, -0.15) is 5.10 Å². The van der Waals surface area contributed by atoms with Crippen molar-refractivity contribution < 1.29 is 9.85 Å². The fourth-order valence-electron chi connectivity index (χ4n) is 2.12. The maximum atomic E-state index is 11.1. The predicted molar refractivity (Wildman–Crippen MR) is 96.1 cm³/mol. The lowest BCUT2D eigenvalue weighted by Crippen LogP contribution is -2.10. The molecule has 0 saturated heterocycles. The zero-order chi connectivity index (χ0) is 18.6. The maximum Gasteiger partial charge on any atom is 0.301 e. The molecule has 0 aliphatic rings. The van der Waals surface area contributed by atoms with E-state index in [0.717, 1.165) is 11.6 Å². The van der Waals surface area contributed by atoms with Crippen LogP contribution in [0.15, 0.2) is 47.6 Å². The van der Waals surface area contributed by atoms with Crippen molar-refractivity contribution >= 4 is 23.3 Å². The van der Waals surface area contributed by atoms with E-state index in [4.69, 9.17) is 0 Å². The Hall–Kier alpha value is -3.29. The van der Waals surface area contributed by atoms with Crippen LogP contribution in [0.1, 0.15) is 31.9 Å². The standard InChI is InChI=1S/C17H18N4O4/c1-17(2,3)13-6-4-12(5-7-13)11-18-19-15-9-8-14(20(22)23)10-16(15)21(24)25/h4-11,19H,1-3H3. The number of rotatable bonds is 5. The van der Waals surface area contributed by atoms with E-state index in [9.17, 15) is 20.2 Å². The second-order valence-corrected chi connectivity index (χ2v) is 6.46. The van der Waals surface area contributed by atoms with Crippen LogP contribution in [0.4, 0.5) is 17.1 Å². The van der Waals surface area contributed by atoms with Crippen LogP contribution in [-0.2, 0) is 5.41 Å². The van der Waals surface area contributed by atoms with Gasteiger partial charge in [0.2, 0.25) is 0 Å². The summed E-state index contributed by atoms with van der Waals surface area (Å²) in [5.41, 5.74) is 3.94. The summed E-state index contributed by atoms with van der Waals surface area (Å²) in [6, 6.07) is 11.1. The summed E-state index contributed by atoms with van der Waals surface area (Å²) in [6.07, 6.45) is 1.53. The molecule has 0 heterocycles. The summed E-state index contributed by atoms with van der Waals surface area (Å²) >= 11 is 0. The molecule has 0 aromatic heterocycles. The minimum absolute atomic E-state index is 0.0489. The smallest absolute Gasteiger partial charge is 0.272 e. The predicted octanol–water partition coefficient (Wildman–Crippen LogP) is 4.25. The fraction of sp³-hybridized carbons (Fsp3) is 0.235. The third-order valence-electron chi connectivity index (χ3n) is 3.56. The monoisotopic (exact) mass is 342 g/mol. The van der Waals surface area contributed by atoms with Gasteiger partial charge in [0.1, 0.15) is 5.69 Å². The lowest BCUT2D eigenvalue weighted by atomic mass is 9.87. The van der Waals surface area contributed by atoms with Crippen molar-refractivity contribution in [3.63, 3.8) is 0 Å². The normalized spacial score (nSPS) is 11.5. The average molecular weight is 342 g/mol. The molecule has 0 bridgehead atoms. The first-order valence-electron chi connectivity index (χ1n) is 7.51. The van der Waals surface area contributed by atoms with Gasteiger partial charge in [-0.05, 0) is 22.6 Å². The van der Waals surface area contributed by atoms with E-state index in [1.54, 1.807) is 0 Å². The van der Waals surface area contributed by atoms with E-state index in [1.807, 2.05) is 24.3 Å². The van der Waals surface area contributed by atoms with Crippen molar-refractivity contribution in [1.29, 1.82) is 0 Å². The first-order chi connectivity index (χ1) is 11.7. The summed E-state index contributed by atoms with van der Waals surface area (Å²) < 4.78 is 0. The van der Waals surface area contributed by atoms with Gasteiger partial charge in [0.25, 0.3) is 5.69 Å². The molecule has 0 fully saturated rings. The summed E-state index contributed by atoms with van der Waals surface area (Å²) in [7, 11) is 0. The molecule has 0 aliphatic heterocycles. The van der Waals surface area contributed by atoms with E-state index in [-0.39, 0.29) is 16.8 Å². The van der Waals surface area contributed by atoms with Crippen LogP contribution in [0.25, 0.3) is 0 Å². The van der Waals surface area contributed by atoms with Gasteiger partial charge in [-0.3, -0.25) is 25.7 Å². The van der Waals surface area contributed by atoms with Crippen molar-refractivity contribution in [1.82, 2.24) is 0 Å². The van der Waals surface area contributed by atoms with Crippen molar-refractivity contribution in [3.8, 4) is 0 Å². The molecule has 8 nitrogen and oxygen atoms in total. The van der Waals surface area contributed by atoms with E-state index in [2.05, 4.69) is 31.3 Å². The highest BCUT2D eigenvalue weighted by Gasteiger charge is 2.19. The minimum atomic E-state index is -0.691. The fourth-order valence-corrected chi connectivity index (χ4v) is 2.12. The highest BCUT2D eigenvalue weighted by molar-refractivity contribution is 5.80. The number of hydrogen-bond donors (Lipinski definition) is 1. The lowest BCUT2D eigenvalue weighted by molar-refractivity contribution is -0.393. The van der Waals surface area contributed by atoms with E-state index in [0.29, 0.717) is 0 Å². The van der Waals surface area contributed by atoms with Gasteiger partial charge in [0.15, 0.2) is 0 Å². The third kappa shape index (κ3) is 4.60. The molecule has 0 radical (unpaired) electrons. The quantitative estimate of drug-likeness (QED) is 0.496. The first kappa shape index (κ1) is 18.1. The Kier molecular flexibility index (Phi) is 5.11. The maximum absolute atomic E-state index is 11.1. The van der Waals surface area contributed by atoms with Gasteiger partial charge in [-0.25, -0.2) is 0 Å². The molecule has 0 unspecified atom stereocenters. The molecule has 8 heteroatoms. The highest BCUT2D eigenvalue weighted by atomic mass is 16.6. The Morgan fingerprint density at radius 1 is 1.00 bits per heavy atom. The van der Waals surface area contributed by atoms with Crippen molar-refractivity contribution in [3.05, 3.63) is 73.8 Å². The Bertz CT molecular complexity index is 824. The SMILES string of the molecule is CC(C)(C)c1ccc(C=NNc2ccc([N+](=O)[O-])cc2[N+](=O)[O-])cc1. The zero-order valence-electron chi connectivity index (χ0n) is 14.1. The molecule has 0 spiro atoms. The number of anilines is 1. The highest BCUT2D eigenvalue weighted by Crippen LogP contribution is 2.29. The summed E-state index contributed by atoms with van der Waals surface area (Å²) in [5.74, 6) is 0. The number of hydrogen-bond acceptors (Lipinski definition) is 6. The molecule has 2 aromatic rings. The van der Waals surface area contributed by atoms with Crippen LogP contribution in [0, 0.1) is 20.2 Å². The molecular weight excluding hydrogens is 324 g/mol. The van der Waals surface area contributed by atoms with Gasteiger partial charge < -0.3 is 0 Å². The Labute approximate surface area is 144 Å². The van der Waals surface area contributed by atoms with Gasteiger partial charge in [0, 0.05) is 6.07 Å². The first-order valence-corrected chi connectivity index (χ1v) is 7.51. The molecule has 2 aromatic carbocycles. The third-order valence-corrected chi connectivity index (χ3v) is 3.56. The summed E-state index contributed by atoms with van der Waals surface area (Å²) in [6.45, 7) is 6.35. The van der Waals surface area contributed by atoms with Crippen LogP contribution < -0.4 is 5.43 Å². The lowest BCUT2D eigenvalue weighted by Gasteiger charge is -2.18. The van der Waals surface area contributed by atoms with Gasteiger partial charge >= 0.3 is 5.69 Å². The largest absolute Gasteiger partial charge is 0.301 e. The second kappa shape index (κ2) is 7.08. The van der Waals surface area contributed by atoms with Crippen molar-refractivity contribution in [2.75, 3.05) is 5.43 Å². The van der Waals surface area contributed by atoms with Gasteiger partial charge in [-0.15, -0.1) is 0 Å². The Morgan fingerprint density at radius 2 is 1.64 bits per heavy atom. The van der Waals surface area contributed by atoms with Gasteiger partial charge in [-0.1, -0.05) is 45.0 Å². The minimum Gasteiger partial charge on any atom is -0.272 e. The average Bonchev–Trinajstić information content (AvgIpc) is 2.54. The van der Waals surface area contributed by atoms with Crippen molar-refractivity contribution in [2.24, 2.45) is 5.10 Å². The van der Waals surface area contributed by atoms with Crippen LogP contribution in [0.5, 0.6) is 0 Å². The number of benzene rings is 2. The summed E-state index contributed by atoms with van der Waals surface area (Å²) in [4.78, 5) is 20.4. The molecule has 2 rings (SSSR count). The van der Waals surface area contributed by atoms with Crippen LogP contribution in [0.3, 0.4) is 0 Å². The second-order valence-electron chi connectivity index (χ2n) is 6.46. The zero-order valence-corrected chi connectivity index (χ0v) is 14.1. The molecule has 0 saturated carbocycles. The van der Waals surface area contributed by atoms with Gasteiger partial charge in [0.05, 0.1) is 22.1 Å². The molecule has 0 aliphatic carbocycles. The van der Waals surface area contributed by atoms with Crippen LogP contribution in [0.2, 0.25) is 0 Å². The number of nitro benzene ring substituents is 2. The molecule has 0 amide bonds. The number of non-ortho nitro benzene ring substituents is 1. The number of nitro groups is 2. The molecule has 0 atom stereocenters. The molecule has 1 N–H and O–H groups in total.